The average Bonchev–Trinajstić information content (AvgIpc) is 3.41. The van der Waals surface area contributed by atoms with Gasteiger partial charge in [-0.2, -0.15) is 0 Å². The highest BCUT2D eigenvalue weighted by Gasteiger charge is 2.27. The molecule has 0 fully saturated rings. The van der Waals surface area contributed by atoms with E-state index in [0.29, 0.717) is 11.7 Å². The highest BCUT2D eigenvalue weighted by atomic mass is 16.5. The second kappa shape index (κ2) is 7.91. The fourth-order valence-electron chi connectivity index (χ4n) is 3.45. The monoisotopic (exact) mass is 409 g/mol. The third-order valence-electron chi connectivity index (χ3n) is 5.04. The molecule has 0 saturated carbocycles. The van der Waals surface area contributed by atoms with Crippen molar-refractivity contribution in [3.8, 4) is 23.0 Å². The van der Waals surface area contributed by atoms with E-state index < -0.39 is 5.97 Å². The van der Waals surface area contributed by atoms with Crippen LogP contribution in [0, 0.1) is 0 Å². The van der Waals surface area contributed by atoms with Crippen LogP contribution in [0.15, 0.2) is 89.3 Å². The molecule has 0 aliphatic rings. The predicted molar refractivity (Wildman–Crippen MR) is 117 cm³/mol. The van der Waals surface area contributed by atoms with Crippen LogP contribution in [-0.2, 0) is 18.4 Å². The molecule has 0 aliphatic heterocycles. The van der Waals surface area contributed by atoms with Gasteiger partial charge in [0.1, 0.15) is 6.61 Å². The average molecular weight is 409 g/mol. The number of aryl methyl sites for hydroxylation is 1. The smallest absolute Gasteiger partial charge is 0.361 e. The van der Waals surface area contributed by atoms with Gasteiger partial charge >= 0.3 is 5.97 Å². The summed E-state index contributed by atoms with van der Waals surface area (Å²) in [6.07, 6.45) is 0. The minimum Gasteiger partial charge on any atom is -0.456 e. The van der Waals surface area contributed by atoms with Gasteiger partial charge in [0.25, 0.3) is 0 Å². The number of para-hydroxylation sites is 2. The fourth-order valence-corrected chi connectivity index (χ4v) is 3.45. The van der Waals surface area contributed by atoms with Gasteiger partial charge < -0.3 is 13.7 Å². The molecule has 3 aromatic carbocycles. The highest BCUT2D eigenvalue weighted by Crippen LogP contribution is 2.31. The number of hydrogen-bond donors (Lipinski definition) is 0. The van der Waals surface area contributed by atoms with Crippen LogP contribution >= 0.6 is 0 Å². The lowest BCUT2D eigenvalue weighted by atomic mass is 10.2. The second-order valence-electron chi connectivity index (χ2n) is 7.11. The van der Waals surface area contributed by atoms with Crippen LogP contribution in [0.1, 0.15) is 16.1 Å². The van der Waals surface area contributed by atoms with E-state index in [4.69, 9.17) is 9.15 Å². The Balaban J connectivity index is 1.58. The van der Waals surface area contributed by atoms with Crippen LogP contribution in [-0.4, -0.2) is 20.5 Å². The van der Waals surface area contributed by atoms with Gasteiger partial charge in [0.2, 0.25) is 11.7 Å². The van der Waals surface area contributed by atoms with Crippen molar-refractivity contribution in [2.24, 2.45) is 7.05 Å². The summed E-state index contributed by atoms with van der Waals surface area (Å²) in [6.45, 7) is 0.148. The number of ether oxygens (including phenoxy) is 1. The Morgan fingerprint density at radius 2 is 1.58 bits per heavy atom. The molecule has 5 aromatic rings. The van der Waals surface area contributed by atoms with Gasteiger partial charge in [-0.3, -0.25) is 0 Å². The third-order valence-corrected chi connectivity index (χ3v) is 5.04. The molecule has 2 heterocycles. The number of esters is 1. The summed E-state index contributed by atoms with van der Waals surface area (Å²) in [5, 5.41) is 0. The van der Waals surface area contributed by atoms with Gasteiger partial charge in [-0.1, -0.05) is 60.7 Å². The summed E-state index contributed by atoms with van der Waals surface area (Å²) in [5.41, 5.74) is 3.50. The maximum atomic E-state index is 13.0. The minimum atomic E-state index is -0.558. The number of fused-ring (bicyclic) bond motifs is 1. The first-order valence-electron chi connectivity index (χ1n) is 9.90. The Labute approximate surface area is 178 Å². The first kappa shape index (κ1) is 18.8. The minimum absolute atomic E-state index is 0.105. The Kier molecular flexibility index (Phi) is 4.80. The standard InChI is InChI=1S/C25H19N3O3/c1-28-20-15-9-8-14-19(20)26-23(28)22-21(25(29)30-16-17-10-4-2-5-11-17)27-24(31-22)18-12-6-3-7-13-18/h2-15H,16H2,1H3. The zero-order valence-electron chi connectivity index (χ0n) is 16.9. The van der Waals surface area contributed by atoms with Crippen LogP contribution < -0.4 is 0 Å². The molecule has 5 rings (SSSR count). The molecule has 6 nitrogen and oxygen atoms in total. The Hall–Kier alpha value is -4.19. The van der Waals surface area contributed by atoms with Crippen molar-refractivity contribution in [2.45, 2.75) is 6.61 Å². The molecule has 6 heteroatoms. The number of carbonyl (C=O) groups excluding carboxylic acids is 1. The van der Waals surface area contributed by atoms with E-state index in [2.05, 4.69) is 9.97 Å². The van der Waals surface area contributed by atoms with Gasteiger partial charge in [0, 0.05) is 12.6 Å². The Morgan fingerprint density at radius 3 is 2.32 bits per heavy atom. The first-order valence-corrected chi connectivity index (χ1v) is 9.90. The van der Waals surface area contributed by atoms with Crippen molar-refractivity contribution < 1.29 is 13.9 Å². The van der Waals surface area contributed by atoms with Gasteiger partial charge in [-0.15, -0.1) is 0 Å². The molecule has 0 amide bonds. The highest BCUT2D eigenvalue weighted by molar-refractivity contribution is 5.94. The molecular weight excluding hydrogens is 390 g/mol. The van der Waals surface area contributed by atoms with Crippen molar-refractivity contribution in [1.29, 1.82) is 0 Å². The van der Waals surface area contributed by atoms with Gasteiger partial charge in [-0.25, -0.2) is 14.8 Å². The third kappa shape index (κ3) is 3.59. The molecule has 31 heavy (non-hydrogen) atoms. The van der Waals surface area contributed by atoms with Crippen molar-refractivity contribution in [3.63, 3.8) is 0 Å². The molecule has 152 valence electrons. The first-order chi connectivity index (χ1) is 15.2. The lowest BCUT2D eigenvalue weighted by Gasteiger charge is -2.04. The molecule has 2 aromatic heterocycles. The molecule has 0 radical (unpaired) electrons. The van der Waals surface area contributed by atoms with Crippen molar-refractivity contribution >= 4 is 17.0 Å². The summed E-state index contributed by atoms with van der Waals surface area (Å²) < 4.78 is 13.5. The van der Waals surface area contributed by atoms with Gasteiger partial charge in [-0.05, 0) is 29.8 Å². The number of oxazole rings is 1. The van der Waals surface area contributed by atoms with E-state index in [1.807, 2.05) is 96.5 Å². The van der Waals surface area contributed by atoms with Crippen LogP contribution in [0.3, 0.4) is 0 Å². The second-order valence-corrected chi connectivity index (χ2v) is 7.11. The van der Waals surface area contributed by atoms with E-state index in [-0.39, 0.29) is 18.1 Å². The van der Waals surface area contributed by atoms with E-state index >= 15 is 0 Å². The number of carbonyl (C=O) groups is 1. The number of imidazole rings is 1. The van der Waals surface area contributed by atoms with Crippen LogP contribution in [0.5, 0.6) is 0 Å². The number of aromatic nitrogens is 3. The SMILES string of the molecule is Cn1c(-c2oc(-c3ccccc3)nc2C(=O)OCc2ccccc2)nc2ccccc21. The Morgan fingerprint density at radius 1 is 0.903 bits per heavy atom. The van der Waals surface area contributed by atoms with Crippen LogP contribution in [0.4, 0.5) is 0 Å². The molecule has 0 spiro atoms. The zero-order valence-corrected chi connectivity index (χ0v) is 16.9. The van der Waals surface area contributed by atoms with Crippen LogP contribution in [0.2, 0.25) is 0 Å². The lowest BCUT2D eigenvalue weighted by Crippen LogP contribution is -2.08. The maximum absolute atomic E-state index is 13.0. The van der Waals surface area contributed by atoms with E-state index in [1.165, 1.54) is 0 Å². The molecular formula is C25H19N3O3. The number of nitrogens with zero attached hydrogens (tertiary/aromatic N) is 3. The quantitative estimate of drug-likeness (QED) is 0.371. The molecule has 0 unspecified atom stereocenters. The number of hydrogen-bond acceptors (Lipinski definition) is 5. The molecule has 0 atom stereocenters. The maximum Gasteiger partial charge on any atom is 0.361 e. The zero-order chi connectivity index (χ0) is 21.2. The summed E-state index contributed by atoms with van der Waals surface area (Å²) in [4.78, 5) is 22.2. The molecule has 0 saturated heterocycles. The number of rotatable bonds is 5. The fraction of sp³-hybridized carbons (Fsp3) is 0.0800. The lowest BCUT2D eigenvalue weighted by molar-refractivity contribution is 0.0467. The summed E-state index contributed by atoms with van der Waals surface area (Å²) in [7, 11) is 1.88. The van der Waals surface area contributed by atoms with Crippen LogP contribution in [0.25, 0.3) is 34.1 Å². The van der Waals surface area contributed by atoms with Crippen molar-refractivity contribution in [2.75, 3.05) is 0 Å². The largest absolute Gasteiger partial charge is 0.456 e. The van der Waals surface area contributed by atoms with Gasteiger partial charge in [0.15, 0.2) is 11.5 Å². The molecule has 0 bridgehead atoms. The van der Waals surface area contributed by atoms with E-state index in [9.17, 15) is 4.79 Å². The normalized spacial score (nSPS) is 11.0. The molecule has 0 N–H and O–H groups in total. The van der Waals surface area contributed by atoms with E-state index in [0.717, 1.165) is 22.2 Å². The summed E-state index contributed by atoms with van der Waals surface area (Å²) in [5.74, 6) is 0.587. The van der Waals surface area contributed by atoms with Crippen molar-refractivity contribution in [3.05, 3.63) is 96.2 Å². The predicted octanol–water partition coefficient (Wildman–Crippen LogP) is 5.25. The number of benzene rings is 3. The molecule has 0 aliphatic carbocycles. The van der Waals surface area contributed by atoms with Crippen molar-refractivity contribution in [1.82, 2.24) is 14.5 Å². The topological polar surface area (TPSA) is 70.2 Å². The summed E-state index contributed by atoms with van der Waals surface area (Å²) >= 11 is 0. The Bertz CT molecular complexity index is 1360. The van der Waals surface area contributed by atoms with E-state index in [1.54, 1.807) is 0 Å². The van der Waals surface area contributed by atoms with Gasteiger partial charge in [0.05, 0.1) is 11.0 Å². The summed E-state index contributed by atoms with van der Waals surface area (Å²) in [6, 6.07) is 26.7.